The lowest BCUT2D eigenvalue weighted by Gasteiger charge is -2.32. The van der Waals surface area contributed by atoms with Crippen molar-refractivity contribution in [1.82, 2.24) is 10.2 Å². The van der Waals surface area contributed by atoms with Gasteiger partial charge in [-0.25, -0.2) is 0 Å². The predicted octanol–water partition coefficient (Wildman–Crippen LogP) is 3.42. The Labute approximate surface area is 166 Å². The van der Waals surface area contributed by atoms with Crippen LogP contribution in [0, 0.1) is 0 Å². The number of likely N-dealkylation sites (tertiary alicyclic amines) is 1. The van der Waals surface area contributed by atoms with Crippen molar-refractivity contribution >= 4 is 17.5 Å². The number of hydrogen-bond donors (Lipinski definition) is 2. The van der Waals surface area contributed by atoms with Gasteiger partial charge in [0.25, 0.3) is 0 Å². The second-order valence-electron chi connectivity index (χ2n) is 7.04. The van der Waals surface area contributed by atoms with E-state index in [1.54, 1.807) is 0 Å². The quantitative estimate of drug-likeness (QED) is 0.767. The smallest absolute Gasteiger partial charge is 0.345 e. The molecule has 8 heteroatoms. The van der Waals surface area contributed by atoms with E-state index in [-0.39, 0.29) is 11.7 Å². The lowest BCUT2D eigenvalue weighted by atomic mass is 10.0. The molecular weight excluding hydrogens is 383 g/mol. The van der Waals surface area contributed by atoms with E-state index in [9.17, 15) is 22.8 Å². The van der Waals surface area contributed by atoms with E-state index in [1.165, 1.54) is 17.7 Å². The maximum absolute atomic E-state index is 12.7. The summed E-state index contributed by atoms with van der Waals surface area (Å²) in [4.78, 5) is 26.4. The summed E-state index contributed by atoms with van der Waals surface area (Å²) in [5.74, 6) is -1.82. The topological polar surface area (TPSA) is 61.4 Å². The van der Waals surface area contributed by atoms with Gasteiger partial charge in [-0.1, -0.05) is 36.4 Å². The Hall–Kier alpha value is -2.87. The fraction of sp³-hybridized carbons (Fsp3) is 0.333. The number of halogens is 3. The number of nitrogens with zero attached hydrogens (tertiary/aromatic N) is 1. The Morgan fingerprint density at radius 1 is 0.966 bits per heavy atom. The first-order valence-electron chi connectivity index (χ1n) is 9.36. The molecule has 1 aliphatic rings. The van der Waals surface area contributed by atoms with Gasteiger partial charge in [0, 0.05) is 31.4 Å². The normalized spacial score (nSPS) is 15.7. The molecule has 2 aromatic carbocycles. The SMILES string of the molecule is O=C(Nc1cccc(C(F)(F)F)c1)C(=O)NC1CCN(Cc2ccccc2)CC1. The van der Waals surface area contributed by atoms with Crippen LogP contribution in [0.3, 0.4) is 0 Å². The van der Waals surface area contributed by atoms with Crippen molar-refractivity contribution in [3.8, 4) is 0 Å². The summed E-state index contributed by atoms with van der Waals surface area (Å²) < 4.78 is 38.2. The van der Waals surface area contributed by atoms with Gasteiger partial charge in [-0.3, -0.25) is 14.5 Å². The van der Waals surface area contributed by atoms with Crippen LogP contribution < -0.4 is 10.6 Å². The van der Waals surface area contributed by atoms with E-state index < -0.39 is 23.6 Å². The number of hydrogen-bond acceptors (Lipinski definition) is 3. The zero-order chi connectivity index (χ0) is 20.9. The summed E-state index contributed by atoms with van der Waals surface area (Å²) >= 11 is 0. The van der Waals surface area contributed by atoms with E-state index >= 15 is 0 Å². The third kappa shape index (κ3) is 6.05. The van der Waals surface area contributed by atoms with Gasteiger partial charge in [-0.05, 0) is 36.6 Å². The van der Waals surface area contributed by atoms with Gasteiger partial charge >= 0.3 is 18.0 Å². The molecule has 2 N–H and O–H groups in total. The number of anilines is 1. The molecular formula is C21H22F3N3O2. The van der Waals surface area contributed by atoms with Gasteiger partial charge in [-0.2, -0.15) is 13.2 Å². The first kappa shape index (κ1) is 20.9. The minimum atomic E-state index is -4.52. The molecule has 0 unspecified atom stereocenters. The van der Waals surface area contributed by atoms with Crippen molar-refractivity contribution in [2.24, 2.45) is 0 Å². The Morgan fingerprint density at radius 2 is 1.66 bits per heavy atom. The number of carbonyl (C=O) groups is 2. The van der Waals surface area contributed by atoms with Crippen molar-refractivity contribution in [2.45, 2.75) is 31.6 Å². The van der Waals surface area contributed by atoms with E-state index in [2.05, 4.69) is 27.7 Å². The molecule has 2 aromatic rings. The van der Waals surface area contributed by atoms with Crippen LogP contribution in [0.25, 0.3) is 0 Å². The van der Waals surface area contributed by atoms with Crippen LogP contribution >= 0.6 is 0 Å². The van der Waals surface area contributed by atoms with Gasteiger partial charge in [0.05, 0.1) is 5.56 Å². The highest BCUT2D eigenvalue weighted by Crippen LogP contribution is 2.30. The van der Waals surface area contributed by atoms with Crippen LogP contribution in [0.5, 0.6) is 0 Å². The number of nitrogens with one attached hydrogen (secondary N) is 2. The van der Waals surface area contributed by atoms with Crippen LogP contribution in [0.1, 0.15) is 24.0 Å². The Bertz CT molecular complexity index is 848. The highest BCUT2D eigenvalue weighted by Gasteiger charge is 2.31. The Kier molecular flexibility index (Phi) is 6.53. The predicted molar refractivity (Wildman–Crippen MR) is 103 cm³/mol. The average molecular weight is 405 g/mol. The molecule has 1 saturated heterocycles. The summed E-state index contributed by atoms with van der Waals surface area (Å²) in [6.45, 7) is 2.40. The van der Waals surface area contributed by atoms with Crippen LogP contribution in [0.2, 0.25) is 0 Å². The standard InChI is InChI=1S/C21H22F3N3O2/c22-21(23,24)16-7-4-8-18(13-16)26-20(29)19(28)25-17-9-11-27(12-10-17)14-15-5-2-1-3-6-15/h1-8,13,17H,9-12,14H2,(H,25,28)(H,26,29). The minimum Gasteiger partial charge on any atom is -0.345 e. The number of rotatable bonds is 4. The van der Waals surface area contributed by atoms with Crippen molar-refractivity contribution in [2.75, 3.05) is 18.4 Å². The van der Waals surface area contributed by atoms with E-state index in [4.69, 9.17) is 0 Å². The summed E-state index contributed by atoms with van der Waals surface area (Å²) in [6, 6.07) is 14.1. The molecule has 1 aliphatic heterocycles. The van der Waals surface area contributed by atoms with Crippen molar-refractivity contribution in [1.29, 1.82) is 0 Å². The molecule has 0 aliphatic carbocycles. The fourth-order valence-electron chi connectivity index (χ4n) is 3.29. The molecule has 154 valence electrons. The van der Waals surface area contributed by atoms with Crippen molar-refractivity contribution in [3.63, 3.8) is 0 Å². The molecule has 1 fully saturated rings. The highest BCUT2D eigenvalue weighted by molar-refractivity contribution is 6.39. The first-order valence-corrected chi connectivity index (χ1v) is 9.36. The molecule has 0 bridgehead atoms. The zero-order valence-corrected chi connectivity index (χ0v) is 15.7. The number of benzene rings is 2. The van der Waals surface area contributed by atoms with Crippen LogP contribution in [-0.2, 0) is 22.3 Å². The second-order valence-corrected chi connectivity index (χ2v) is 7.04. The monoisotopic (exact) mass is 405 g/mol. The first-order chi connectivity index (χ1) is 13.8. The maximum atomic E-state index is 12.7. The van der Waals surface area contributed by atoms with Gasteiger partial charge in [-0.15, -0.1) is 0 Å². The molecule has 1 heterocycles. The average Bonchev–Trinajstić information content (AvgIpc) is 2.70. The molecule has 0 saturated carbocycles. The molecule has 29 heavy (non-hydrogen) atoms. The number of carbonyl (C=O) groups excluding carboxylic acids is 2. The van der Waals surface area contributed by atoms with Crippen LogP contribution in [-0.4, -0.2) is 35.8 Å². The van der Waals surface area contributed by atoms with Gasteiger partial charge < -0.3 is 10.6 Å². The summed E-state index contributed by atoms with van der Waals surface area (Å²) in [5.41, 5.74) is 0.259. The minimum absolute atomic E-state index is 0.0716. The third-order valence-electron chi connectivity index (χ3n) is 4.83. The zero-order valence-electron chi connectivity index (χ0n) is 15.7. The second kappa shape index (κ2) is 9.09. The largest absolute Gasteiger partial charge is 0.416 e. The number of piperidine rings is 1. The molecule has 0 radical (unpaired) electrons. The molecule has 0 spiro atoms. The van der Waals surface area contributed by atoms with E-state index in [1.807, 2.05) is 18.2 Å². The van der Waals surface area contributed by atoms with E-state index in [0.29, 0.717) is 12.8 Å². The fourth-order valence-corrected chi connectivity index (χ4v) is 3.29. The summed E-state index contributed by atoms with van der Waals surface area (Å²) in [7, 11) is 0. The Morgan fingerprint density at radius 3 is 2.31 bits per heavy atom. The van der Waals surface area contributed by atoms with Crippen LogP contribution in [0.15, 0.2) is 54.6 Å². The van der Waals surface area contributed by atoms with Crippen LogP contribution in [0.4, 0.5) is 18.9 Å². The van der Waals surface area contributed by atoms with Gasteiger partial charge in [0.15, 0.2) is 0 Å². The van der Waals surface area contributed by atoms with E-state index in [0.717, 1.165) is 31.8 Å². The number of amides is 2. The third-order valence-corrected chi connectivity index (χ3v) is 4.83. The summed E-state index contributed by atoms with van der Waals surface area (Å²) in [5, 5.41) is 4.89. The molecule has 0 aromatic heterocycles. The molecule has 2 amide bonds. The lowest BCUT2D eigenvalue weighted by molar-refractivity contribution is -0.137. The molecule has 5 nitrogen and oxygen atoms in total. The summed E-state index contributed by atoms with van der Waals surface area (Å²) in [6.07, 6.45) is -3.11. The maximum Gasteiger partial charge on any atom is 0.416 e. The molecule has 3 rings (SSSR count). The number of alkyl halides is 3. The Balaban J connectivity index is 1.46. The molecule has 0 atom stereocenters. The van der Waals surface area contributed by atoms with Gasteiger partial charge in [0.2, 0.25) is 0 Å². The van der Waals surface area contributed by atoms with Gasteiger partial charge in [0.1, 0.15) is 0 Å². The van der Waals surface area contributed by atoms with Crippen molar-refractivity contribution in [3.05, 3.63) is 65.7 Å². The highest BCUT2D eigenvalue weighted by atomic mass is 19.4. The lowest BCUT2D eigenvalue weighted by Crippen LogP contribution is -2.47. The van der Waals surface area contributed by atoms with Crippen molar-refractivity contribution < 1.29 is 22.8 Å².